The van der Waals surface area contributed by atoms with Crippen molar-refractivity contribution in [3.63, 3.8) is 0 Å². The van der Waals surface area contributed by atoms with E-state index >= 15 is 0 Å². The Hall–Kier alpha value is -3.15. The first-order chi connectivity index (χ1) is 14.5. The van der Waals surface area contributed by atoms with E-state index in [9.17, 15) is 22.8 Å². The van der Waals surface area contributed by atoms with Crippen LogP contribution in [-0.4, -0.2) is 36.6 Å². The molecule has 2 aromatic carbocycles. The summed E-state index contributed by atoms with van der Waals surface area (Å²) in [7, 11) is -3.80. The number of benzene rings is 2. The molecule has 0 heterocycles. The maximum Gasteiger partial charge on any atom is 0.331 e. The molecule has 11 heteroatoms. The maximum atomic E-state index is 12.4. The van der Waals surface area contributed by atoms with Gasteiger partial charge in [0.1, 0.15) is 0 Å². The molecule has 0 aromatic heterocycles. The molecule has 0 spiro atoms. The predicted octanol–water partition coefficient (Wildman–Crippen LogP) is 2.42. The molecule has 0 aliphatic heterocycles. The molecule has 5 N–H and O–H groups in total. The van der Waals surface area contributed by atoms with E-state index in [1.807, 2.05) is 0 Å². The van der Waals surface area contributed by atoms with Crippen LogP contribution in [0, 0.1) is 0 Å². The molecule has 0 aliphatic carbocycles. The average molecular weight is 464 g/mol. The first-order valence-corrected chi connectivity index (χ1v) is 11.3. The van der Waals surface area contributed by atoms with E-state index in [1.165, 1.54) is 43.0 Å². The van der Waals surface area contributed by atoms with Crippen molar-refractivity contribution in [3.8, 4) is 0 Å². The first kappa shape index (κ1) is 24.1. The Bertz CT molecular complexity index is 1110. The molecule has 9 nitrogen and oxygen atoms in total. The Labute approximate surface area is 183 Å². The van der Waals surface area contributed by atoms with Crippen LogP contribution in [-0.2, 0) is 24.4 Å². The normalized spacial score (nSPS) is 12.7. The largest absolute Gasteiger partial charge is 0.478 e. The molecule has 0 aliphatic rings. The molecule has 164 valence electrons. The maximum absolute atomic E-state index is 12.4. The predicted molar refractivity (Wildman–Crippen MR) is 118 cm³/mol. The van der Waals surface area contributed by atoms with Gasteiger partial charge in [0.25, 0.3) is 0 Å². The van der Waals surface area contributed by atoms with Gasteiger partial charge in [-0.3, -0.25) is 9.59 Å². The van der Waals surface area contributed by atoms with Crippen molar-refractivity contribution in [1.29, 1.82) is 0 Å². The molecule has 0 radical (unpaired) electrons. The lowest BCUT2D eigenvalue weighted by Gasteiger charge is -2.13. The van der Waals surface area contributed by atoms with Crippen LogP contribution in [0.4, 0.5) is 11.4 Å². The van der Waals surface area contributed by atoms with Crippen LogP contribution >= 0.6 is 11.8 Å². The van der Waals surface area contributed by atoms with Crippen LogP contribution in [0.1, 0.15) is 13.8 Å². The number of anilines is 2. The summed E-state index contributed by atoms with van der Waals surface area (Å²) in [5, 5.41) is 18.6. The number of sulfonamides is 1. The Kier molecular flexibility index (Phi) is 7.97. The Morgan fingerprint density at radius 3 is 2.03 bits per heavy atom. The highest BCUT2D eigenvalue weighted by atomic mass is 32.2. The van der Waals surface area contributed by atoms with Crippen molar-refractivity contribution in [3.05, 3.63) is 60.2 Å². The highest BCUT2D eigenvalue weighted by Crippen LogP contribution is 2.26. The van der Waals surface area contributed by atoms with Gasteiger partial charge in [0.15, 0.2) is 0 Å². The summed E-state index contributed by atoms with van der Waals surface area (Å²) in [5.74, 6) is -2.00. The number of amides is 2. The van der Waals surface area contributed by atoms with E-state index in [-0.39, 0.29) is 16.4 Å². The third kappa shape index (κ3) is 7.55. The molecular formula is C20H21N3O6S2. The van der Waals surface area contributed by atoms with Crippen molar-refractivity contribution in [2.75, 3.05) is 10.6 Å². The third-order valence-electron chi connectivity index (χ3n) is 3.94. The lowest BCUT2D eigenvalue weighted by atomic mass is 10.2. The molecule has 2 rings (SSSR count). The number of carbonyl (C=O) groups excluding carboxylic acids is 2. The van der Waals surface area contributed by atoms with Crippen LogP contribution < -0.4 is 15.8 Å². The van der Waals surface area contributed by atoms with Crippen molar-refractivity contribution in [1.82, 2.24) is 0 Å². The van der Waals surface area contributed by atoms with Crippen LogP contribution in [0.25, 0.3) is 0 Å². The van der Waals surface area contributed by atoms with E-state index in [1.54, 1.807) is 31.2 Å². The van der Waals surface area contributed by atoms with Crippen molar-refractivity contribution < 1.29 is 27.9 Å². The average Bonchev–Trinajstić information content (AvgIpc) is 2.69. The van der Waals surface area contributed by atoms with E-state index in [0.29, 0.717) is 11.4 Å². The molecule has 0 fully saturated rings. The van der Waals surface area contributed by atoms with Gasteiger partial charge in [-0.05, 0) is 62.4 Å². The Morgan fingerprint density at radius 2 is 1.52 bits per heavy atom. The van der Waals surface area contributed by atoms with E-state index < -0.39 is 27.1 Å². The minimum atomic E-state index is -3.80. The van der Waals surface area contributed by atoms with Gasteiger partial charge in [-0.25, -0.2) is 18.4 Å². The molecule has 0 saturated heterocycles. The molecule has 0 bridgehead atoms. The molecule has 0 saturated carbocycles. The van der Waals surface area contributed by atoms with Gasteiger partial charge < -0.3 is 15.7 Å². The second-order valence-electron chi connectivity index (χ2n) is 6.46. The van der Waals surface area contributed by atoms with Gasteiger partial charge in [-0.15, -0.1) is 11.8 Å². The quantitative estimate of drug-likeness (QED) is 0.346. The van der Waals surface area contributed by atoms with E-state index in [4.69, 9.17) is 10.2 Å². The summed E-state index contributed by atoms with van der Waals surface area (Å²) in [6.45, 7) is 3.04. The SMILES string of the molecule is C/C(=C/C(=O)Nc1ccc(SC(C)C(=O)Nc2ccc(S(N)(=O)=O)cc2)cc1)C(=O)O. The minimum absolute atomic E-state index is 0.0475. The number of primary sulfonamides is 1. The minimum Gasteiger partial charge on any atom is -0.478 e. The van der Waals surface area contributed by atoms with Gasteiger partial charge in [-0.2, -0.15) is 0 Å². The Morgan fingerprint density at radius 1 is 1.00 bits per heavy atom. The second-order valence-corrected chi connectivity index (χ2v) is 9.44. The fraction of sp³-hybridized carbons (Fsp3) is 0.150. The number of carbonyl (C=O) groups is 3. The molecule has 1 atom stereocenters. The summed E-state index contributed by atoms with van der Waals surface area (Å²) < 4.78 is 22.5. The number of hydrogen-bond donors (Lipinski definition) is 4. The number of hydrogen-bond acceptors (Lipinski definition) is 6. The molecular weight excluding hydrogens is 442 g/mol. The molecule has 2 aromatic rings. The van der Waals surface area contributed by atoms with Gasteiger partial charge in [-0.1, -0.05) is 0 Å². The second kappa shape index (κ2) is 10.2. The molecule has 2 amide bonds. The summed E-state index contributed by atoms with van der Waals surface area (Å²) >= 11 is 1.29. The Balaban J connectivity index is 1.93. The number of thioether (sulfide) groups is 1. The zero-order valence-corrected chi connectivity index (χ0v) is 18.3. The van der Waals surface area contributed by atoms with E-state index in [0.717, 1.165) is 11.0 Å². The monoisotopic (exact) mass is 463 g/mol. The zero-order chi connectivity index (χ0) is 23.2. The smallest absolute Gasteiger partial charge is 0.331 e. The van der Waals surface area contributed by atoms with Gasteiger partial charge >= 0.3 is 5.97 Å². The topological polar surface area (TPSA) is 156 Å². The zero-order valence-electron chi connectivity index (χ0n) is 16.7. The lowest BCUT2D eigenvalue weighted by Crippen LogP contribution is -2.22. The number of rotatable bonds is 8. The highest BCUT2D eigenvalue weighted by molar-refractivity contribution is 8.00. The highest BCUT2D eigenvalue weighted by Gasteiger charge is 2.15. The summed E-state index contributed by atoms with van der Waals surface area (Å²) in [6.07, 6.45) is 0.993. The fourth-order valence-electron chi connectivity index (χ4n) is 2.28. The number of carboxylic acids is 1. The molecule has 1 unspecified atom stereocenters. The van der Waals surface area contributed by atoms with Crippen LogP contribution in [0.3, 0.4) is 0 Å². The summed E-state index contributed by atoms with van der Waals surface area (Å²) in [4.78, 5) is 35.6. The van der Waals surface area contributed by atoms with Gasteiger partial charge in [0, 0.05) is 27.9 Å². The number of aliphatic carboxylic acids is 1. The van der Waals surface area contributed by atoms with E-state index in [2.05, 4.69) is 10.6 Å². The third-order valence-corrected chi connectivity index (χ3v) is 5.98. The lowest BCUT2D eigenvalue weighted by molar-refractivity contribution is -0.132. The van der Waals surface area contributed by atoms with Crippen molar-refractivity contribution in [2.24, 2.45) is 5.14 Å². The fourth-order valence-corrected chi connectivity index (χ4v) is 3.67. The van der Waals surface area contributed by atoms with Crippen molar-refractivity contribution in [2.45, 2.75) is 28.9 Å². The van der Waals surface area contributed by atoms with Gasteiger partial charge in [0.2, 0.25) is 21.8 Å². The van der Waals surface area contributed by atoms with Crippen molar-refractivity contribution >= 4 is 50.9 Å². The summed E-state index contributed by atoms with van der Waals surface area (Å²) in [6, 6.07) is 12.2. The standard InChI is InChI=1S/C20H21N3O6S2/c1-12(20(26)27)11-18(24)22-14-3-7-16(8-4-14)30-13(2)19(25)23-15-5-9-17(10-6-15)31(21,28)29/h3-11,13H,1-2H3,(H,22,24)(H,23,25)(H,26,27)(H2,21,28,29)/b12-11-. The first-order valence-electron chi connectivity index (χ1n) is 8.89. The van der Waals surface area contributed by atoms with Gasteiger partial charge in [0.05, 0.1) is 10.1 Å². The number of carboxylic acid groups (broad SMARTS) is 1. The number of nitrogens with two attached hydrogens (primary N) is 1. The number of nitrogens with one attached hydrogen (secondary N) is 2. The van der Waals surface area contributed by atoms with Crippen LogP contribution in [0.2, 0.25) is 0 Å². The van der Waals surface area contributed by atoms with Crippen LogP contribution in [0.5, 0.6) is 0 Å². The van der Waals surface area contributed by atoms with Crippen LogP contribution in [0.15, 0.2) is 70.0 Å². The summed E-state index contributed by atoms with van der Waals surface area (Å²) in [5.41, 5.74) is 0.840. The molecule has 31 heavy (non-hydrogen) atoms.